The van der Waals surface area contributed by atoms with E-state index in [-0.39, 0.29) is 23.8 Å². The first-order chi connectivity index (χ1) is 16.7. The third kappa shape index (κ3) is 5.56. The van der Waals surface area contributed by atoms with Crippen molar-refractivity contribution in [1.82, 2.24) is 4.90 Å². The van der Waals surface area contributed by atoms with Gasteiger partial charge in [0.1, 0.15) is 17.7 Å². The minimum Gasteiger partial charge on any atom is -0.365 e. The van der Waals surface area contributed by atoms with Gasteiger partial charge in [-0.2, -0.15) is 0 Å². The second-order valence-electron chi connectivity index (χ2n) is 9.78. The standard InChI is InChI=1S/C30H33F2NO/c31-25-13-9-23(10-14-25)30(24-11-15-26(32)16-12-24)34-29-20-27-17-18-28(21-29)33(27)19-5-4-8-22-6-2-1-3-7-22/h1-3,6-7,9-16,27-30H,4-5,8,17-21H2/t27-,28+,29?. The highest BCUT2D eigenvalue weighted by molar-refractivity contribution is 5.30. The lowest BCUT2D eigenvalue weighted by Gasteiger charge is -2.40. The van der Waals surface area contributed by atoms with Gasteiger partial charge in [-0.15, -0.1) is 0 Å². The topological polar surface area (TPSA) is 12.5 Å². The molecule has 3 atom stereocenters. The zero-order valence-corrected chi connectivity index (χ0v) is 19.6. The minimum absolute atomic E-state index is 0.151. The highest BCUT2D eigenvalue weighted by Crippen LogP contribution is 2.40. The van der Waals surface area contributed by atoms with Gasteiger partial charge in [-0.3, -0.25) is 4.90 Å². The Morgan fingerprint density at radius 1 is 0.735 bits per heavy atom. The number of nitrogens with zero attached hydrogens (tertiary/aromatic N) is 1. The van der Waals surface area contributed by atoms with Gasteiger partial charge in [0, 0.05) is 12.1 Å². The van der Waals surface area contributed by atoms with E-state index in [1.807, 2.05) is 0 Å². The van der Waals surface area contributed by atoms with Crippen molar-refractivity contribution in [3.05, 3.63) is 107 Å². The van der Waals surface area contributed by atoms with Gasteiger partial charge >= 0.3 is 0 Å². The van der Waals surface area contributed by atoms with E-state index in [9.17, 15) is 8.78 Å². The van der Waals surface area contributed by atoms with Crippen molar-refractivity contribution in [3.8, 4) is 0 Å². The lowest BCUT2D eigenvalue weighted by Crippen LogP contribution is -2.46. The van der Waals surface area contributed by atoms with Gasteiger partial charge in [-0.1, -0.05) is 54.6 Å². The Bertz CT molecular complexity index is 978. The maximum absolute atomic E-state index is 13.5. The molecule has 34 heavy (non-hydrogen) atoms. The Hall–Kier alpha value is -2.56. The van der Waals surface area contributed by atoms with Crippen molar-refractivity contribution in [2.45, 2.75) is 69.2 Å². The third-order valence-corrected chi connectivity index (χ3v) is 7.49. The van der Waals surface area contributed by atoms with E-state index >= 15 is 0 Å². The van der Waals surface area contributed by atoms with Crippen LogP contribution < -0.4 is 0 Å². The summed E-state index contributed by atoms with van der Waals surface area (Å²) in [6, 6.07) is 24.9. The Morgan fingerprint density at radius 3 is 1.85 bits per heavy atom. The van der Waals surface area contributed by atoms with Gasteiger partial charge in [0.25, 0.3) is 0 Å². The Labute approximate surface area is 201 Å². The summed E-state index contributed by atoms with van der Waals surface area (Å²) in [6.45, 7) is 1.16. The normalized spacial score (nSPS) is 22.4. The fraction of sp³-hybridized carbons (Fsp3) is 0.400. The van der Waals surface area contributed by atoms with E-state index in [2.05, 4.69) is 35.2 Å². The van der Waals surface area contributed by atoms with Gasteiger partial charge in [0.15, 0.2) is 0 Å². The molecule has 0 radical (unpaired) electrons. The number of fused-ring (bicyclic) bond motifs is 2. The van der Waals surface area contributed by atoms with E-state index in [0.717, 1.165) is 36.9 Å². The number of ether oxygens (including phenoxy) is 1. The number of aryl methyl sites for hydroxylation is 1. The predicted octanol–water partition coefficient (Wildman–Crippen LogP) is 7.09. The summed E-state index contributed by atoms with van der Waals surface area (Å²) in [6.07, 6.45) is 7.94. The molecule has 2 fully saturated rings. The van der Waals surface area contributed by atoms with Gasteiger partial charge in [0.05, 0.1) is 6.10 Å². The number of halogens is 2. The molecule has 5 rings (SSSR count). The van der Waals surface area contributed by atoms with Crippen LogP contribution in [-0.2, 0) is 11.2 Å². The van der Waals surface area contributed by atoms with Crippen molar-refractivity contribution >= 4 is 0 Å². The Morgan fingerprint density at radius 2 is 1.29 bits per heavy atom. The lowest BCUT2D eigenvalue weighted by molar-refractivity contribution is -0.0484. The molecule has 3 aromatic carbocycles. The van der Waals surface area contributed by atoms with E-state index in [4.69, 9.17) is 4.74 Å². The molecule has 2 nitrogen and oxygen atoms in total. The summed E-state index contributed by atoms with van der Waals surface area (Å²) < 4.78 is 33.8. The second kappa shape index (κ2) is 10.8. The van der Waals surface area contributed by atoms with Crippen LogP contribution in [0, 0.1) is 11.6 Å². The monoisotopic (exact) mass is 461 g/mol. The van der Waals surface area contributed by atoms with Crippen molar-refractivity contribution in [2.24, 2.45) is 0 Å². The first kappa shape index (κ1) is 23.2. The molecule has 4 heteroatoms. The molecule has 0 amide bonds. The molecule has 2 heterocycles. The van der Waals surface area contributed by atoms with E-state index in [0.29, 0.717) is 12.1 Å². The largest absolute Gasteiger partial charge is 0.365 e. The van der Waals surface area contributed by atoms with Crippen LogP contribution in [0.5, 0.6) is 0 Å². The second-order valence-corrected chi connectivity index (χ2v) is 9.78. The van der Waals surface area contributed by atoms with Crippen LogP contribution in [0.2, 0.25) is 0 Å². The molecular formula is C30H33F2NO. The van der Waals surface area contributed by atoms with Crippen LogP contribution in [0.15, 0.2) is 78.9 Å². The molecule has 0 aliphatic carbocycles. The number of hydrogen-bond acceptors (Lipinski definition) is 2. The minimum atomic E-state index is -0.317. The van der Waals surface area contributed by atoms with Gasteiger partial charge in [-0.25, -0.2) is 8.78 Å². The number of rotatable bonds is 9. The van der Waals surface area contributed by atoms with E-state index < -0.39 is 0 Å². The zero-order chi connectivity index (χ0) is 23.3. The van der Waals surface area contributed by atoms with Gasteiger partial charge in [-0.05, 0) is 92.4 Å². The summed E-state index contributed by atoms with van der Waals surface area (Å²) in [5.41, 5.74) is 3.23. The van der Waals surface area contributed by atoms with Gasteiger partial charge in [0.2, 0.25) is 0 Å². The van der Waals surface area contributed by atoms with E-state index in [1.54, 1.807) is 24.3 Å². The fourth-order valence-electron chi connectivity index (χ4n) is 5.79. The first-order valence-corrected chi connectivity index (χ1v) is 12.6. The smallest absolute Gasteiger partial charge is 0.123 e. The molecule has 2 saturated heterocycles. The van der Waals surface area contributed by atoms with Crippen molar-refractivity contribution < 1.29 is 13.5 Å². The average Bonchev–Trinajstić information content (AvgIpc) is 3.09. The summed E-state index contributed by atoms with van der Waals surface area (Å²) in [4.78, 5) is 2.72. The number of unbranched alkanes of at least 4 members (excludes halogenated alkanes) is 1. The third-order valence-electron chi connectivity index (χ3n) is 7.49. The van der Waals surface area contributed by atoms with Crippen LogP contribution in [0.25, 0.3) is 0 Å². The summed E-state index contributed by atoms with van der Waals surface area (Å²) in [5.74, 6) is -0.527. The molecule has 0 saturated carbocycles. The molecule has 3 aromatic rings. The van der Waals surface area contributed by atoms with Crippen molar-refractivity contribution in [1.29, 1.82) is 0 Å². The van der Waals surface area contributed by atoms with Crippen LogP contribution in [0.3, 0.4) is 0 Å². The summed E-state index contributed by atoms with van der Waals surface area (Å²) in [7, 11) is 0. The van der Waals surface area contributed by atoms with Crippen LogP contribution in [0.4, 0.5) is 8.78 Å². The van der Waals surface area contributed by atoms with E-state index in [1.165, 1.54) is 55.5 Å². The maximum atomic E-state index is 13.5. The molecule has 178 valence electrons. The van der Waals surface area contributed by atoms with Crippen molar-refractivity contribution in [2.75, 3.05) is 6.54 Å². The Balaban J connectivity index is 1.20. The first-order valence-electron chi connectivity index (χ1n) is 12.6. The van der Waals surface area contributed by atoms with Gasteiger partial charge < -0.3 is 4.74 Å². The number of benzene rings is 3. The number of piperidine rings is 1. The quantitative estimate of drug-likeness (QED) is 0.316. The molecule has 1 unspecified atom stereocenters. The lowest BCUT2D eigenvalue weighted by atomic mass is 9.96. The Kier molecular flexibility index (Phi) is 7.36. The summed E-state index contributed by atoms with van der Waals surface area (Å²) in [5, 5.41) is 0. The molecule has 2 aliphatic rings. The molecule has 0 aromatic heterocycles. The molecule has 2 bridgehead atoms. The molecule has 0 N–H and O–H groups in total. The molecule has 0 spiro atoms. The highest BCUT2D eigenvalue weighted by Gasteiger charge is 2.41. The zero-order valence-electron chi connectivity index (χ0n) is 19.6. The highest BCUT2D eigenvalue weighted by atomic mass is 19.1. The maximum Gasteiger partial charge on any atom is 0.123 e. The SMILES string of the molecule is Fc1ccc(C(OC2C[C@H]3CC[C@@H](C2)N3CCCCc2ccccc2)c2ccc(F)cc2)cc1. The molecular weight excluding hydrogens is 428 g/mol. The summed E-state index contributed by atoms with van der Waals surface area (Å²) >= 11 is 0. The van der Waals surface area contributed by atoms with Crippen LogP contribution >= 0.6 is 0 Å². The van der Waals surface area contributed by atoms with Crippen molar-refractivity contribution in [3.63, 3.8) is 0 Å². The molecule has 2 aliphatic heterocycles. The van der Waals surface area contributed by atoms with Crippen LogP contribution in [0.1, 0.15) is 61.3 Å². The average molecular weight is 462 g/mol. The van der Waals surface area contributed by atoms with Crippen LogP contribution in [-0.4, -0.2) is 29.6 Å². The predicted molar refractivity (Wildman–Crippen MR) is 132 cm³/mol. The number of hydrogen-bond donors (Lipinski definition) is 0. The fourth-order valence-corrected chi connectivity index (χ4v) is 5.79.